The highest BCUT2D eigenvalue weighted by molar-refractivity contribution is 4.97. The van der Waals surface area contributed by atoms with E-state index >= 15 is 0 Å². The molecule has 0 aliphatic heterocycles. The first-order chi connectivity index (χ1) is 8.84. The molecule has 0 saturated heterocycles. The van der Waals surface area contributed by atoms with Crippen molar-refractivity contribution in [3.63, 3.8) is 0 Å². The SMILES string of the molecule is CC(C)C1CC(C(F)(F)F)C(OC(F)(F)F)C(F)C1O. The largest absolute Gasteiger partial charge is 0.522 e. The molecule has 9 heteroatoms. The summed E-state index contributed by atoms with van der Waals surface area (Å²) in [4.78, 5) is 0. The Morgan fingerprint density at radius 2 is 1.60 bits per heavy atom. The van der Waals surface area contributed by atoms with Gasteiger partial charge in [0.1, 0.15) is 6.10 Å². The lowest BCUT2D eigenvalue weighted by molar-refractivity contribution is -0.377. The van der Waals surface area contributed by atoms with Crippen LogP contribution < -0.4 is 0 Å². The number of ether oxygens (including phenoxy) is 1. The minimum atomic E-state index is -5.40. The van der Waals surface area contributed by atoms with Crippen molar-refractivity contribution in [2.24, 2.45) is 17.8 Å². The third-order valence-electron chi connectivity index (χ3n) is 3.55. The normalized spacial score (nSPS) is 36.5. The van der Waals surface area contributed by atoms with Crippen molar-refractivity contribution in [1.29, 1.82) is 0 Å². The Balaban J connectivity index is 3.06. The van der Waals surface area contributed by atoms with E-state index in [0.717, 1.165) is 0 Å². The van der Waals surface area contributed by atoms with Crippen molar-refractivity contribution in [2.75, 3.05) is 0 Å². The highest BCUT2D eigenvalue weighted by Crippen LogP contribution is 2.46. The maximum atomic E-state index is 13.8. The van der Waals surface area contributed by atoms with E-state index in [9.17, 15) is 35.8 Å². The van der Waals surface area contributed by atoms with Crippen LogP contribution >= 0.6 is 0 Å². The summed E-state index contributed by atoms with van der Waals surface area (Å²) in [7, 11) is 0. The summed E-state index contributed by atoms with van der Waals surface area (Å²) < 4.78 is 91.8. The van der Waals surface area contributed by atoms with Gasteiger partial charge in [0, 0.05) is 0 Å². The lowest BCUT2D eigenvalue weighted by Crippen LogP contribution is -2.56. The van der Waals surface area contributed by atoms with Gasteiger partial charge >= 0.3 is 12.5 Å². The first kappa shape index (κ1) is 17.5. The fourth-order valence-corrected chi connectivity index (χ4v) is 2.51. The van der Waals surface area contributed by atoms with Crippen molar-refractivity contribution in [3.05, 3.63) is 0 Å². The molecule has 0 amide bonds. The van der Waals surface area contributed by atoms with Gasteiger partial charge in [-0.2, -0.15) is 13.2 Å². The molecule has 120 valence electrons. The fraction of sp³-hybridized carbons (Fsp3) is 1.00. The summed E-state index contributed by atoms with van der Waals surface area (Å²) >= 11 is 0. The molecule has 1 fully saturated rings. The molecule has 1 rings (SSSR count). The van der Waals surface area contributed by atoms with Crippen LogP contribution in [-0.4, -0.2) is 36.0 Å². The highest BCUT2D eigenvalue weighted by atomic mass is 19.4. The van der Waals surface area contributed by atoms with Crippen LogP contribution in [0, 0.1) is 17.8 Å². The van der Waals surface area contributed by atoms with Crippen molar-refractivity contribution in [2.45, 2.75) is 51.2 Å². The average Bonchev–Trinajstić information content (AvgIpc) is 2.20. The Hall–Kier alpha value is -0.570. The Morgan fingerprint density at radius 3 is 1.95 bits per heavy atom. The third kappa shape index (κ3) is 3.97. The molecule has 5 atom stereocenters. The van der Waals surface area contributed by atoms with E-state index in [1.165, 1.54) is 13.8 Å². The second-order valence-corrected chi connectivity index (χ2v) is 5.25. The number of rotatable bonds is 2. The number of hydrogen-bond donors (Lipinski definition) is 1. The van der Waals surface area contributed by atoms with E-state index in [4.69, 9.17) is 0 Å². The van der Waals surface area contributed by atoms with Crippen molar-refractivity contribution >= 4 is 0 Å². The van der Waals surface area contributed by atoms with E-state index in [0.29, 0.717) is 0 Å². The van der Waals surface area contributed by atoms with E-state index in [-0.39, 0.29) is 0 Å². The Kier molecular flexibility index (Phi) is 4.95. The first-order valence-electron chi connectivity index (χ1n) is 5.98. The lowest BCUT2D eigenvalue weighted by Gasteiger charge is -2.43. The standard InChI is InChI=1S/C11H15F7O2/c1-4(2)5-3-6(10(13,14)15)9(7(12)8(5)19)20-11(16,17)18/h4-9,19H,3H2,1-2H3. The van der Waals surface area contributed by atoms with E-state index in [1.54, 1.807) is 0 Å². The monoisotopic (exact) mass is 312 g/mol. The van der Waals surface area contributed by atoms with Gasteiger partial charge in [-0.3, -0.25) is 4.74 Å². The third-order valence-corrected chi connectivity index (χ3v) is 3.55. The molecule has 0 aromatic carbocycles. The summed E-state index contributed by atoms with van der Waals surface area (Å²) in [5, 5.41) is 9.57. The molecular weight excluding hydrogens is 297 g/mol. The molecule has 0 aromatic rings. The second kappa shape index (κ2) is 5.67. The molecule has 1 saturated carbocycles. The molecule has 0 aromatic heterocycles. The topological polar surface area (TPSA) is 29.5 Å². The molecule has 0 spiro atoms. The van der Waals surface area contributed by atoms with Gasteiger partial charge in [-0.05, 0) is 18.3 Å². The summed E-state index contributed by atoms with van der Waals surface area (Å²) in [6, 6.07) is 0. The van der Waals surface area contributed by atoms with Gasteiger partial charge in [-0.25, -0.2) is 4.39 Å². The van der Waals surface area contributed by atoms with Crippen LogP contribution in [0.3, 0.4) is 0 Å². The zero-order valence-electron chi connectivity index (χ0n) is 10.7. The average molecular weight is 312 g/mol. The van der Waals surface area contributed by atoms with Crippen LogP contribution in [0.15, 0.2) is 0 Å². The molecule has 2 nitrogen and oxygen atoms in total. The summed E-state index contributed by atoms with van der Waals surface area (Å²) in [5.41, 5.74) is 0. The first-order valence-corrected chi connectivity index (χ1v) is 5.98. The molecule has 5 unspecified atom stereocenters. The molecule has 1 aliphatic carbocycles. The van der Waals surface area contributed by atoms with Gasteiger partial charge in [-0.1, -0.05) is 13.8 Å². The van der Waals surface area contributed by atoms with E-state index in [2.05, 4.69) is 4.74 Å². The van der Waals surface area contributed by atoms with Gasteiger partial charge in [0.25, 0.3) is 0 Å². The molecule has 0 heterocycles. The van der Waals surface area contributed by atoms with Gasteiger partial charge < -0.3 is 5.11 Å². The molecule has 1 aliphatic rings. The van der Waals surface area contributed by atoms with Crippen LogP contribution in [0.25, 0.3) is 0 Å². The highest BCUT2D eigenvalue weighted by Gasteiger charge is 2.58. The quantitative estimate of drug-likeness (QED) is 0.792. The molecule has 20 heavy (non-hydrogen) atoms. The van der Waals surface area contributed by atoms with Crippen molar-refractivity contribution < 1.29 is 40.6 Å². The van der Waals surface area contributed by atoms with E-state index < -0.39 is 55.1 Å². The van der Waals surface area contributed by atoms with Crippen molar-refractivity contribution in [3.8, 4) is 0 Å². The summed E-state index contributed by atoms with van der Waals surface area (Å²) in [6.07, 6.45) is -18.7. The molecule has 0 radical (unpaired) electrons. The Labute approximate surface area is 110 Å². The molecular formula is C11H15F7O2. The number of alkyl halides is 7. The van der Waals surface area contributed by atoms with Crippen LogP contribution in [-0.2, 0) is 4.74 Å². The number of halogens is 7. The van der Waals surface area contributed by atoms with Crippen LogP contribution in [0.5, 0.6) is 0 Å². The Morgan fingerprint density at radius 1 is 1.10 bits per heavy atom. The summed E-state index contributed by atoms with van der Waals surface area (Å²) in [6.45, 7) is 2.94. The number of aliphatic hydroxyl groups excluding tert-OH is 1. The lowest BCUT2D eigenvalue weighted by atomic mass is 9.71. The maximum Gasteiger partial charge on any atom is 0.522 e. The zero-order chi connectivity index (χ0) is 15.9. The second-order valence-electron chi connectivity index (χ2n) is 5.25. The predicted octanol–water partition coefficient (Wildman–Crippen LogP) is 3.44. The minimum Gasteiger partial charge on any atom is -0.390 e. The Bertz CT molecular complexity index is 326. The van der Waals surface area contributed by atoms with E-state index in [1.807, 2.05) is 0 Å². The van der Waals surface area contributed by atoms with Gasteiger partial charge in [0.2, 0.25) is 0 Å². The van der Waals surface area contributed by atoms with Crippen molar-refractivity contribution in [1.82, 2.24) is 0 Å². The smallest absolute Gasteiger partial charge is 0.390 e. The van der Waals surface area contributed by atoms with Gasteiger partial charge in [0.15, 0.2) is 6.17 Å². The van der Waals surface area contributed by atoms with Crippen LogP contribution in [0.1, 0.15) is 20.3 Å². The van der Waals surface area contributed by atoms with Crippen LogP contribution in [0.2, 0.25) is 0 Å². The molecule has 1 N–H and O–H groups in total. The number of aliphatic hydroxyl groups is 1. The van der Waals surface area contributed by atoms with Gasteiger partial charge in [-0.15, -0.1) is 13.2 Å². The number of hydrogen-bond acceptors (Lipinski definition) is 2. The maximum absolute atomic E-state index is 13.8. The van der Waals surface area contributed by atoms with Crippen LogP contribution in [0.4, 0.5) is 30.7 Å². The fourth-order valence-electron chi connectivity index (χ4n) is 2.51. The minimum absolute atomic E-state index is 0.500. The summed E-state index contributed by atoms with van der Waals surface area (Å²) in [5.74, 6) is -4.18. The molecule has 0 bridgehead atoms. The predicted molar refractivity (Wildman–Crippen MR) is 54.3 cm³/mol. The van der Waals surface area contributed by atoms with Gasteiger partial charge in [0.05, 0.1) is 12.0 Å². The zero-order valence-corrected chi connectivity index (χ0v) is 10.7.